The Morgan fingerprint density at radius 2 is 1.59 bits per heavy atom. The molecule has 110 valence electrons. The van der Waals surface area contributed by atoms with E-state index in [4.69, 9.17) is 9.47 Å². The maximum Gasteiger partial charge on any atom is 1.00 e. The normalized spacial score (nSPS) is 10.4. The molecule has 0 amide bonds. The molecule has 2 aromatic carbocycles. The molecule has 0 aliphatic heterocycles. The van der Waals surface area contributed by atoms with Gasteiger partial charge in [-0.1, -0.05) is 29.8 Å². The van der Waals surface area contributed by atoms with Crippen LogP contribution in [0.4, 0.5) is 0 Å². The summed E-state index contributed by atoms with van der Waals surface area (Å²) in [6.45, 7) is 4.05. The maximum atomic E-state index is 12.7. The molecule has 1 atom stereocenters. The summed E-state index contributed by atoms with van der Waals surface area (Å²) in [5.74, 6) is 1.11. The van der Waals surface area contributed by atoms with Crippen LogP contribution in [0.25, 0.3) is 0 Å². The molecule has 0 bridgehead atoms. The van der Waals surface area contributed by atoms with E-state index in [9.17, 15) is 4.79 Å². The Morgan fingerprint density at radius 3 is 2.14 bits per heavy atom. The molecular formula is C17H19LiO3P+. The molecule has 3 nitrogen and oxygen atoms in total. The second kappa shape index (κ2) is 8.39. The van der Waals surface area contributed by atoms with E-state index in [2.05, 4.69) is 12.1 Å². The molecule has 0 aliphatic carbocycles. The zero-order valence-electron chi connectivity index (χ0n) is 13.7. The zero-order chi connectivity index (χ0) is 15.4. The van der Waals surface area contributed by atoms with Crippen LogP contribution in [0.15, 0.2) is 36.4 Å². The monoisotopic (exact) mass is 309 g/mol. The minimum absolute atomic E-state index is 0. The van der Waals surface area contributed by atoms with Crippen molar-refractivity contribution < 1.29 is 33.1 Å². The third-order valence-corrected chi connectivity index (χ3v) is 4.58. The van der Waals surface area contributed by atoms with Gasteiger partial charge < -0.3 is 9.47 Å². The van der Waals surface area contributed by atoms with Crippen LogP contribution < -0.4 is 33.6 Å². The number of ether oxygens (including phenoxy) is 2. The Morgan fingerprint density at radius 1 is 1.00 bits per heavy atom. The number of hydrogen-bond acceptors (Lipinski definition) is 3. The van der Waals surface area contributed by atoms with Crippen molar-refractivity contribution in [1.29, 1.82) is 0 Å². The van der Waals surface area contributed by atoms with Gasteiger partial charge >= 0.3 is 18.9 Å². The second-order valence-electron chi connectivity index (χ2n) is 4.81. The van der Waals surface area contributed by atoms with Crippen molar-refractivity contribution >= 4 is 19.4 Å². The van der Waals surface area contributed by atoms with Crippen LogP contribution in [-0.2, 0) is 0 Å². The predicted octanol–water partition coefficient (Wildman–Crippen LogP) is 0.469. The summed E-state index contributed by atoms with van der Waals surface area (Å²) < 4.78 is 10.6. The van der Waals surface area contributed by atoms with Gasteiger partial charge in [0.1, 0.15) is 17.1 Å². The summed E-state index contributed by atoms with van der Waals surface area (Å²) in [5.41, 5.74) is 2.82. The minimum atomic E-state index is 0. The maximum absolute atomic E-state index is 12.7. The molecule has 0 heterocycles. The van der Waals surface area contributed by atoms with Crippen molar-refractivity contribution in [2.45, 2.75) is 13.8 Å². The Labute approximate surface area is 145 Å². The SMILES string of the molecule is COc1cccc(OC)c1C(=O)Pc1cc(C)ccc1C.[Li+]. The van der Waals surface area contributed by atoms with Gasteiger partial charge in [-0.15, -0.1) is 0 Å². The topological polar surface area (TPSA) is 35.5 Å². The Balaban J connectivity index is 0.00000242. The summed E-state index contributed by atoms with van der Waals surface area (Å²) in [6.07, 6.45) is 0. The average Bonchev–Trinajstić information content (AvgIpc) is 2.49. The fourth-order valence-corrected chi connectivity index (χ4v) is 3.33. The minimum Gasteiger partial charge on any atom is -0.496 e. The first-order valence-corrected chi connectivity index (χ1v) is 7.66. The number of rotatable bonds is 5. The third kappa shape index (κ3) is 4.14. The first-order valence-electron chi connectivity index (χ1n) is 6.66. The smallest absolute Gasteiger partial charge is 0.496 e. The molecule has 0 fully saturated rings. The van der Waals surface area contributed by atoms with E-state index in [1.165, 1.54) is 0 Å². The number of methoxy groups -OCH3 is 2. The summed E-state index contributed by atoms with van der Waals surface area (Å²) in [6, 6.07) is 11.5. The van der Waals surface area contributed by atoms with E-state index < -0.39 is 0 Å². The van der Waals surface area contributed by atoms with Gasteiger partial charge in [-0.3, -0.25) is 4.79 Å². The van der Waals surface area contributed by atoms with Gasteiger partial charge in [0, 0.05) is 0 Å². The second-order valence-corrected chi connectivity index (χ2v) is 6.05. The van der Waals surface area contributed by atoms with E-state index in [0.29, 0.717) is 17.1 Å². The van der Waals surface area contributed by atoms with Gasteiger partial charge in [-0.2, -0.15) is 0 Å². The van der Waals surface area contributed by atoms with Crippen LogP contribution in [0.1, 0.15) is 21.5 Å². The number of aryl methyl sites for hydroxylation is 2. The van der Waals surface area contributed by atoms with Crippen LogP contribution in [0, 0.1) is 13.8 Å². The first kappa shape index (κ1) is 18.8. The zero-order valence-corrected chi connectivity index (χ0v) is 14.7. The van der Waals surface area contributed by atoms with Crippen LogP contribution in [0.3, 0.4) is 0 Å². The van der Waals surface area contributed by atoms with Gasteiger partial charge in [-0.05, 0) is 45.4 Å². The quantitative estimate of drug-likeness (QED) is 0.595. The summed E-state index contributed by atoms with van der Waals surface area (Å²) >= 11 is 0. The summed E-state index contributed by atoms with van der Waals surface area (Å²) in [5, 5.41) is 1.06. The van der Waals surface area contributed by atoms with Crippen molar-refractivity contribution in [3.63, 3.8) is 0 Å². The Hall–Kier alpha value is -1.26. The molecule has 22 heavy (non-hydrogen) atoms. The fraction of sp³-hybridized carbons (Fsp3) is 0.235. The van der Waals surface area contributed by atoms with Crippen LogP contribution in [-0.4, -0.2) is 19.7 Å². The van der Waals surface area contributed by atoms with E-state index in [-0.39, 0.29) is 33.0 Å². The van der Waals surface area contributed by atoms with Crippen molar-refractivity contribution in [3.8, 4) is 11.5 Å². The largest absolute Gasteiger partial charge is 1.00 e. The molecule has 0 radical (unpaired) electrons. The van der Waals surface area contributed by atoms with Crippen LogP contribution in [0.5, 0.6) is 11.5 Å². The molecule has 0 N–H and O–H groups in total. The van der Waals surface area contributed by atoms with Gasteiger partial charge in [0.25, 0.3) is 0 Å². The van der Waals surface area contributed by atoms with Crippen molar-refractivity contribution in [1.82, 2.24) is 0 Å². The average molecular weight is 309 g/mol. The van der Waals surface area contributed by atoms with Gasteiger partial charge in [-0.25, -0.2) is 0 Å². The molecule has 5 heteroatoms. The standard InChI is InChI=1S/C17H19O3P.Li/c1-11-8-9-12(2)15(10-11)21-17(18)16-13(19-3)6-5-7-14(16)20-4;/h5-10,21H,1-4H3;/q;+1. The molecule has 0 spiro atoms. The predicted molar refractivity (Wildman–Crippen MR) is 87.7 cm³/mol. The van der Waals surface area contributed by atoms with Crippen molar-refractivity contribution in [3.05, 3.63) is 53.1 Å². The number of carbonyl (C=O) groups is 1. The van der Waals surface area contributed by atoms with E-state index in [0.717, 1.165) is 16.4 Å². The summed E-state index contributed by atoms with van der Waals surface area (Å²) in [4.78, 5) is 12.7. The Bertz CT molecular complexity index is 649. The Kier molecular flexibility index (Phi) is 7.17. The first-order chi connectivity index (χ1) is 10.1. The fourth-order valence-electron chi connectivity index (χ4n) is 2.13. The number of carbonyl (C=O) groups excluding carboxylic acids is 1. The molecule has 2 aromatic rings. The van der Waals surface area contributed by atoms with E-state index in [1.807, 2.05) is 26.0 Å². The molecule has 0 aromatic heterocycles. The van der Waals surface area contributed by atoms with Crippen LogP contribution >= 0.6 is 8.58 Å². The third-order valence-electron chi connectivity index (χ3n) is 3.30. The molecule has 0 saturated carbocycles. The van der Waals surface area contributed by atoms with Crippen molar-refractivity contribution in [2.24, 2.45) is 0 Å². The number of hydrogen-bond donors (Lipinski definition) is 0. The van der Waals surface area contributed by atoms with E-state index >= 15 is 0 Å². The molecule has 2 rings (SSSR count). The van der Waals surface area contributed by atoms with E-state index in [1.54, 1.807) is 26.4 Å². The number of benzene rings is 2. The van der Waals surface area contributed by atoms with Gasteiger partial charge in [0.15, 0.2) is 5.52 Å². The molecule has 0 aliphatic rings. The molecular weight excluding hydrogens is 290 g/mol. The van der Waals surface area contributed by atoms with Gasteiger partial charge in [0.2, 0.25) is 0 Å². The molecule has 1 unspecified atom stereocenters. The van der Waals surface area contributed by atoms with Crippen LogP contribution in [0.2, 0.25) is 0 Å². The van der Waals surface area contributed by atoms with Gasteiger partial charge in [0.05, 0.1) is 14.2 Å². The molecule has 0 saturated heterocycles. The summed E-state index contributed by atoms with van der Waals surface area (Å²) in [7, 11) is 3.18. The van der Waals surface area contributed by atoms with Crippen molar-refractivity contribution in [2.75, 3.05) is 14.2 Å².